The van der Waals surface area contributed by atoms with Gasteiger partial charge in [0.2, 0.25) is 0 Å². The second kappa shape index (κ2) is 16.4. The third-order valence-corrected chi connectivity index (χ3v) is 11.5. The third-order valence-electron chi connectivity index (χ3n) is 11.5. The highest BCUT2D eigenvalue weighted by atomic mass is 16.3. The van der Waals surface area contributed by atoms with Gasteiger partial charge in [-0.25, -0.2) is 4.98 Å². The highest BCUT2D eigenvalue weighted by Gasteiger charge is 2.23. The van der Waals surface area contributed by atoms with Gasteiger partial charge in [0.15, 0.2) is 0 Å². The molecule has 9 aromatic rings. The number of aryl methyl sites for hydroxylation is 2. The van der Waals surface area contributed by atoms with Crippen LogP contribution in [0.3, 0.4) is 0 Å². The Kier molecular flexibility index (Phi) is 8.19. The van der Waals surface area contributed by atoms with Gasteiger partial charge in [-0.1, -0.05) is 144 Å². The summed E-state index contributed by atoms with van der Waals surface area (Å²) in [5.41, 5.74) is 11.4. The van der Waals surface area contributed by atoms with Crippen molar-refractivity contribution in [3.63, 3.8) is 0 Å². The van der Waals surface area contributed by atoms with Gasteiger partial charge in [0.25, 0.3) is 0 Å². The van der Waals surface area contributed by atoms with Crippen LogP contribution in [0.4, 0.5) is 0 Å². The van der Waals surface area contributed by atoms with E-state index in [2.05, 4.69) is 103 Å². The first-order chi connectivity index (χ1) is 33.7. The standard InChI is InChI=1S/C58H53N3O/c1-37(2)29-45-35-49(25-26-50(45)42-17-12-9-13-18-42)61-54-20-14-19-51(55(54)60-57(61)52-31-38(3)30-39(4)56(52)62)46-32-44(40-15-10-8-11-16-40)33-47(34-46)53-36-43(27-28-59-53)41-21-23-48(24-22-41)58(5,6)7/h8-28,30-37,62H,29H2,1-7H3/i5D3,6D3,7D3. The lowest BCUT2D eigenvalue weighted by atomic mass is 9.86. The molecule has 306 valence electrons. The van der Waals surface area contributed by atoms with Crippen molar-refractivity contribution >= 4 is 11.0 Å². The van der Waals surface area contributed by atoms with Gasteiger partial charge in [-0.15, -0.1) is 0 Å². The SMILES string of the molecule is [2H]C([2H])([2H])C(c1ccc(-c2ccnc(-c3cc(-c4ccccc4)cc(-c4cccc5c4nc(-c4cc(C)cc(C)c4O)n5-c4ccc(-c5ccccc5)c(CC(C)C)c4)c3)c2)cc1)(C([2H])([2H])[2H])C([2H])([2H])[2H]. The topological polar surface area (TPSA) is 50.9 Å². The number of nitrogens with zero attached hydrogens (tertiary/aromatic N) is 3. The van der Waals surface area contributed by atoms with E-state index in [1.54, 1.807) is 24.4 Å². The largest absolute Gasteiger partial charge is 0.507 e. The van der Waals surface area contributed by atoms with Crippen molar-refractivity contribution in [2.24, 2.45) is 5.92 Å². The first-order valence-corrected chi connectivity index (χ1v) is 21.0. The summed E-state index contributed by atoms with van der Waals surface area (Å²) in [5, 5.41) is 11.8. The van der Waals surface area contributed by atoms with Gasteiger partial charge in [0, 0.05) is 35.3 Å². The quantitative estimate of drug-likeness (QED) is 0.158. The summed E-state index contributed by atoms with van der Waals surface area (Å²) >= 11 is 0. The van der Waals surface area contributed by atoms with E-state index in [1.165, 1.54) is 23.3 Å². The van der Waals surface area contributed by atoms with Crippen LogP contribution in [-0.2, 0) is 11.8 Å². The van der Waals surface area contributed by atoms with E-state index in [0.29, 0.717) is 34.1 Å². The highest BCUT2D eigenvalue weighted by Crippen LogP contribution is 2.42. The molecule has 0 spiro atoms. The second-order valence-corrected chi connectivity index (χ2v) is 16.6. The zero-order chi connectivity index (χ0) is 50.6. The zero-order valence-electron chi connectivity index (χ0n) is 44.2. The van der Waals surface area contributed by atoms with Crippen LogP contribution in [-0.4, -0.2) is 19.6 Å². The summed E-state index contributed by atoms with van der Waals surface area (Å²) in [5.74, 6) is 1.16. The molecule has 1 N–H and O–H groups in total. The van der Waals surface area contributed by atoms with Gasteiger partial charge < -0.3 is 5.11 Å². The molecule has 7 aromatic carbocycles. The summed E-state index contributed by atoms with van der Waals surface area (Å²) in [6.45, 7) is -1.73. The first kappa shape index (κ1) is 30.9. The molecular weight excluding hydrogens is 755 g/mol. The molecule has 2 aromatic heterocycles. The number of aromatic nitrogens is 3. The molecule has 2 heterocycles. The Morgan fingerprint density at radius 1 is 0.597 bits per heavy atom. The van der Waals surface area contributed by atoms with Crippen LogP contribution in [0.15, 0.2) is 170 Å². The lowest BCUT2D eigenvalue weighted by Gasteiger charge is -2.19. The number of hydrogen-bond acceptors (Lipinski definition) is 3. The molecule has 0 aliphatic rings. The number of para-hydroxylation sites is 1. The Hall–Kier alpha value is -7.04. The molecule has 0 unspecified atom stereocenters. The van der Waals surface area contributed by atoms with Crippen LogP contribution in [0.25, 0.3) is 83.9 Å². The minimum absolute atomic E-state index is 0.164. The molecule has 0 amide bonds. The Bertz CT molecular complexity index is 3380. The van der Waals surface area contributed by atoms with Crippen LogP contribution in [0.5, 0.6) is 5.75 Å². The number of rotatable bonds is 9. The zero-order valence-corrected chi connectivity index (χ0v) is 35.2. The van der Waals surface area contributed by atoms with Gasteiger partial charge >= 0.3 is 0 Å². The summed E-state index contributed by atoms with van der Waals surface area (Å²) in [6, 6.07) is 52.9. The fraction of sp³-hybridized carbons (Fsp3) is 0.172. The van der Waals surface area contributed by atoms with Crippen LogP contribution in [0, 0.1) is 19.8 Å². The van der Waals surface area contributed by atoms with Gasteiger partial charge in [0.1, 0.15) is 11.6 Å². The van der Waals surface area contributed by atoms with Crippen LogP contribution >= 0.6 is 0 Å². The Morgan fingerprint density at radius 2 is 1.29 bits per heavy atom. The molecule has 0 saturated heterocycles. The molecule has 0 aliphatic carbocycles. The minimum Gasteiger partial charge on any atom is -0.507 e. The highest BCUT2D eigenvalue weighted by molar-refractivity contribution is 5.98. The molecule has 9 rings (SSSR count). The molecule has 0 atom stereocenters. The van der Waals surface area contributed by atoms with Crippen molar-refractivity contribution in [1.82, 2.24) is 14.5 Å². The van der Waals surface area contributed by atoms with E-state index in [0.717, 1.165) is 67.6 Å². The number of pyridine rings is 1. The smallest absolute Gasteiger partial charge is 0.149 e. The molecule has 0 aliphatic heterocycles. The van der Waals surface area contributed by atoms with E-state index in [-0.39, 0.29) is 11.3 Å². The molecule has 0 saturated carbocycles. The maximum Gasteiger partial charge on any atom is 0.149 e. The number of phenols is 1. The predicted molar refractivity (Wildman–Crippen MR) is 260 cm³/mol. The molecule has 0 fully saturated rings. The number of aromatic hydroxyl groups is 1. The summed E-state index contributed by atoms with van der Waals surface area (Å²) in [7, 11) is 0. The number of fused-ring (bicyclic) bond motifs is 1. The maximum absolute atomic E-state index is 11.8. The molecule has 4 nitrogen and oxygen atoms in total. The molecule has 62 heavy (non-hydrogen) atoms. The van der Waals surface area contributed by atoms with E-state index in [1.807, 2.05) is 62.4 Å². The normalized spacial score (nSPS) is 14.5. The van der Waals surface area contributed by atoms with E-state index in [9.17, 15) is 5.11 Å². The van der Waals surface area contributed by atoms with Crippen molar-refractivity contribution in [3.05, 3.63) is 192 Å². The van der Waals surface area contributed by atoms with Crippen LogP contribution in [0.1, 0.15) is 69.0 Å². The van der Waals surface area contributed by atoms with Crippen LogP contribution in [0.2, 0.25) is 0 Å². The van der Waals surface area contributed by atoms with Crippen LogP contribution < -0.4 is 0 Å². The molecule has 0 bridgehead atoms. The van der Waals surface area contributed by atoms with Gasteiger partial charge in [-0.3, -0.25) is 9.55 Å². The summed E-state index contributed by atoms with van der Waals surface area (Å²) in [4.78, 5) is 10.3. The molecule has 0 radical (unpaired) electrons. The fourth-order valence-electron chi connectivity index (χ4n) is 8.54. The van der Waals surface area contributed by atoms with E-state index in [4.69, 9.17) is 22.3 Å². The van der Waals surface area contributed by atoms with Crippen molar-refractivity contribution in [2.75, 3.05) is 0 Å². The third kappa shape index (κ3) is 7.97. The maximum atomic E-state index is 11.8. The van der Waals surface area contributed by atoms with Crippen molar-refractivity contribution < 1.29 is 17.4 Å². The summed E-state index contributed by atoms with van der Waals surface area (Å²) < 4.78 is 75.9. The Balaban J connectivity index is 1.22. The van der Waals surface area contributed by atoms with E-state index >= 15 is 0 Å². The van der Waals surface area contributed by atoms with Gasteiger partial charge in [-0.05, 0) is 147 Å². The lowest BCUT2D eigenvalue weighted by molar-refractivity contribution is 0.472. The van der Waals surface area contributed by atoms with Gasteiger partial charge in [0.05, 0.1) is 22.3 Å². The van der Waals surface area contributed by atoms with Crippen molar-refractivity contribution in [2.45, 2.75) is 60.1 Å². The Labute approximate surface area is 378 Å². The predicted octanol–water partition coefficient (Wildman–Crippen LogP) is 15.2. The average Bonchev–Trinajstić information content (AvgIpc) is 3.72. The minimum atomic E-state index is -3.37. The monoisotopic (exact) mass is 816 g/mol. The summed E-state index contributed by atoms with van der Waals surface area (Å²) in [6.07, 6.45) is 2.53. The van der Waals surface area contributed by atoms with Gasteiger partial charge in [-0.2, -0.15) is 0 Å². The molecular formula is C58H53N3O. The Morgan fingerprint density at radius 3 is 2.02 bits per heavy atom. The molecule has 4 heteroatoms. The van der Waals surface area contributed by atoms with E-state index < -0.39 is 26.0 Å². The first-order valence-electron chi connectivity index (χ1n) is 25.5. The van der Waals surface area contributed by atoms with Crippen molar-refractivity contribution in [3.8, 4) is 78.6 Å². The lowest BCUT2D eigenvalue weighted by Crippen LogP contribution is -2.10. The average molecular weight is 817 g/mol. The van der Waals surface area contributed by atoms with Crippen molar-refractivity contribution in [1.29, 1.82) is 0 Å². The second-order valence-electron chi connectivity index (χ2n) is 16.6. The fourth-order valence-corrected chi connectivity index (χ4v) is 8.54. The number of phenolic OH excluding ortho intramolecular Hbond substituents is 1. The number of benzene rings is 7. The number of imidazole rings is 1. The number of hydrogen-bond donors (Lipinski definition) is 1.